The van der Waals surface area contributed by atoms with Gasteiger partial charge in [-0.25, -0.2) is 0 Å². The van der Waals surface area contributed by atoms with E-state index in [0.717, 1.165) is 37.8 Å². The van der Waals surface area contributed by atoms with Crippen molar-refractivity contribution in [2.75, 3.05) is 51.5 Å². The first-order chi connectivity index (χ1) is 16.0. The minimum atomic E-state index is -0.704. The zero-order chi connectivity index (χ0) is 23.3. The van der Waals surface area contributed by atoms with Crippen molar-refractivity contribution in [3.05, 3.63) is 30.3 Å². The molecule has 0 unspecified atom stereocenters. The lowest BCUT2D eigenvalue weighted by molar-refractivity contribution is -0.141. The Morgan fingerprint density at radius 2 is 1.82 bits per heavy atom. The van der Waals surface area contributed by atoms with Crippen LogP contribution >= 0.6 is 0 Å². The number of benzene rings is 1. The maximum atomic E-state index is 13.7. The van der Waals surface area contributed by atoms with Crippen LogP contribution in [-0.2, 0) is 19.1 Å². The molecule has 2 aliphatic heterocycles. The Hall–Kier alpha value is -2.61. The summed E-state index contributed by atoms with van der Waals surface area (Å²) in [4.78, 5) is 44.9. The monoisotopic (exact) mass is 456 g/mol. The molecule has 8 nitrogen and oxygen atoms in total. The fraction of sp³-hybridized carbons (Fsp3) is 0.640. The van der Waals surface area contributed by atoms with Gasteiger partial charge in [-0.1, -0.05) is 31.0 Å². The number of rotatable bonds is 8. The van der Waals surface area contributed by atoms with Gasteiger partial charge >= 0.3 is 0 Å². The van der Waals surface area contributed by atoms with Crippen LogP contribution in [0.2, 0.25) is 0 Å². The van der Waals surface area contributed by atoms with Crippen molar-refractivity contribution in [3.63, 3.8) is 0 Å². The Balaban J connectivity index is 1.45. The molecule has 1 spiro atoms. The summed E-state index contributed by atoms with van der Waals surface area (Å²) in [5, 5.41) is 2.88. The third kappa shape index (κ3) is 5.00. The number of hydrogen-bond donors (Lipinski definition) is 1. The number of anilines is 1. The number of nitrogens with zero attached hydrogens (tertiary/aromatic N) is 3. The smallest absolute Gasteiger partial charge is 0.250 e. The number of piperidine rings is 1. The average Bonchev–Trinajstić information content (AvgIpc) is 3.47. The van der Waals surface area contributed by atoms with Gasteiger partial charge in [-0.15, -0.1) is 0 Å². The van der Waals surface area contributed by atoms with E-state index >= 15 is 0 Å². The number of nitrogens with one attached hydrogen (secondary N) is 1. The summed E-state index contributed by atoms with van der Waals surface area (Å²) in [6, 6.07) is 9.93. The van der Waals surface area contributed by atoms with Gasteiger partial charge in [0.05, 0.1) is 6.67 Å². The van der Waals surface area contributed by atoms with Crippen LogP contribution in [0.15, 0.2) is 30.3 Å². The van der Waals surface area contributed by atoms with E-state index in [0.29, 0.717) is 45.8 Å². The average molecular weight is 457 g/mol. The van der Waals surface area contributed by atoms with E-state index in [1.807, 2.05) is 35.2 Å². The van der Waals surface area contributed by atoms with Gasteiger partial charge in [0.25, 0.3) is 5.91 Å². The second-order valence-corrected chi connectivity index (χ2v) is 9.44. The highest BCUT2D eigenvalue weighted by Crippen LogP contribution is 2.40. The highest BCUT2D eigenvalue weighted by Gasteiger charge is 2.54. The molecule has 3 fully saturated rings. The van der Waals surface area contributed by atoms with Crippen LogP contribution in [0.25, 0.3) is 0 Å². The van der Waals surface area contributed by atoms with Gasteiger partial charge in [0.2, 0.25) is 11.8 Å². The van der Waals surface area contributed by atoms with E-state index in [1.165, 1.54) is 0 Å². The number of carbonyl (C=O) groups excluding carboxylic acids is 3. The Morgan fingerprint density at radius 1 is 1.12 bits per heavy atom. The molecule has 1 aliphatic carbocycles. The normalized spacial score (nSPS) is 20.6. The standard InChI is InChI=1S/C25H36N4O4/c1-33-17-7-14-26-22(30)18-28-19-29(21-10-3-2-4-11-21)25(24(28)32)12-15-27(16-13-25)23(31)20-8-5-6-9-20/h2-4,10-11,20H,5-9,12-19H2,1H3,(H,26,30). The maximum Gasteiger partial charge on any atom is 0.250 e. The van der Waals surface area contributed by atoms with Crippen LogP contribution in [-0.4, -0.2) is 79.6 Å². The lowest BCUT2D eigenvalue weighted by atomic mass is 9.85. The number of carbonyl (C=O) groups is 3. The summed E-state index contributed by atoms with van der Waals surface area (Å²) >= 11 is 0. The predicted molar refractivity (Wildman–Crippen MR) is 126 cm³/mol. The van der Waals surface area contributed by atoms with Crippen molar-refractivity contribution in [1.29, 1.82) is 0 Å². The highest BCUT2D eigenvalue weighted by atomic mass is 16.5. The molecule has 2 heterocycles. The van der Waals surface area contributed by atoms with Crippen molar-refractivity contribution in [1.82, 2.24) is 15.1 Å². The first kappa shape index (κ1) is 23.5. The van der Waals surface area contributed by atoms with Crippen molar-refractivity contribution in [2.24, 2.45) is 5.92 Å². The lowest BCUT2D eigenvalue weighted by Gasteiger charge is -2.43. The van der Waals surface area contributed by atoms with Crippen molar-refractivity contribution < 1.29 is 19.1 Å². The van der Waals surface area contributed by atoms with Crippen LogP contribution in [0.5, 0.6) is 0 Å². The first-order valence-electron chi connectivity index (χ1n) is 12.2. The molecule has 1 saturated carbocycles. The number of amides is 3. The van der Waals surface area contributed by atoms with Crippen molar-refractivity contribution in [3.8, 4) is 0 Å². The zero-order valence-corrected chi connectivity index (χ0v) is 19.6. The van der Waals surface area contributed by atoms with Gasteiger partial charge < -0.3 is 24.8 Å². The first-order valence-corrected chi connectivity index (χ1v) is 12.2. The van der Waals surface area contributed by atoms with Gasteiger partial charge in [-0.3, -0.25) is 14.4 Å². The third-order valence-electron chi connectivity index (χ3n) is 7.37. The summed E-state index contributed by atoms with van der Waals surface area (Å²) in [6.07, 6.45) is 6.16. The number of ether oxygens (including phenoxy) is 1. The molecule has 1 aromatic rings. The van der Waals surface area contributed by atoms with E-state index in [2.05, 4.69) is 10.2 Å². The Bertz CT molecular complexity index is 832. The molecule has 180 valence electrons. The molecule has 33 heavy (non-hydrogen) atoms. The minimum Gasteiger partial charge on any atom is -0.385 e. The quantitative estimate of drug-likeness (QED) is 0.605. The molecule has 0 bridgehead atoms. The molecule has 0 atom stereocenters. The van der Waals surface area contributed by atoms with Gasteiger partial charge in [0, 0.05) is 45.0 Å². The fourth-order valence-electron chi connectivity index (χ4n) is 5.52. The second-order valence-electron chi connectivity index (χ2n) is 9.44. The van der Waals surface area contributed by atoms with Gasteiger partial charge in [0.1, 0.15) is 12.1 Å². The van der Waals surface area contributed by atoms with Gasteiger partial charge in [0.15, 0.2) is 0 Å². The molecule has 0 aromatic heterocycles. The maximum absolute atomic E-state index is 13.7. The van der Waals surface area contributed by atoms with Crippen LogP contribution in [0, 0.1) is 5.92 Å². The third-order valence-corrected chi connectivity index (χ3v) is 7.37. The predicted octanol–water partition coefficient (Wildman–Crippen LogP) is 2.00. The molecule has 1 N–H and O–H groups in total. The summed E-state index contributed by atoms with van der Waals surface area (Å²) in [7, 11) is 1.63. The SMILES string of the molecule is COCCCNC(=O)CN1CN(c2ccccc2)C2(CCN(C(=O)C3CCCC3)CC2)C1=O. The van der Waals surface area contributed by atoms with E-state index in [-0.39, 0.29) is 30.2 Å². The van der Waals surface area contributed by atoms with E-state index in [4.69, 9.17) is 4.74 Å². The fourth-order valence-corrected chi connectivity index (χ4v) is 5.52. The van der Waals surface area contributed by atoms with Crippen LogP contribution in [0.1, 0.15) is 44.9 Å². The molecule has 3 amide bonds. The number of para-hydroxylation sites is 1. The molecule has 4 rings (SSSR count). The second kappa shape index (κ2) is 10.5. The lowest BCUT2D eigenvalue weighted by Crippen LogP contribution is -2.58. The number of likely N-dealkylation sites (tertiary alicyclic amines) is 1. The summed E-state index contributed by atoms with van der Waals surface area (Å²) < 4.78 is 5.02. The molecule has 2 saturated heterocycles. The Morgan fingerprint density at radius 3 is 2.48 bits per heavy atom. The zero-order valence-electron chi connectivity index (χ0n) is 19.6. The molecule has 0 radical (unpaired) electrons. The molecule has 8 heteroatoms. The van der Waals surface area contributed by atoms with Gasteiger partial charge in [-0.05, 0) is 44.2 Å². The molecular formula is C25H36N4O4. The number of hydrogen-bond acceptors (Lipinski definition) is 5. The summed E-state index contributed by atoms with van der Waals surface area (Å²) in [5.41, 5.74) is 0.272. The van der Waals surface area contributed by atoms with Gasteiger partial charge in [-0.2, -0.15) is 0 Å². The Kier molecular flexibility index (Phi) is 7.53. The highest BCUT2D eigenvalue weighted by molar-refractivity contribution is 5.96. The molecular weight excluding hydrogens is 420 g/mol. The Labute approximate surface area is 196 Å². The van der Waals surface area contributed by atoms with Crippen LogP contribution < -0.4 is 10.2 Å². The van der Waals surface area contributed by atoms with Crippen LogP contribution in [0.4, 0.5) is 5.69 Å². The van der Waals surface area contributed by atoms with E-state index in [9.17, 15) is 14.4 Å². The summed E-state index contributed by atoms with van der Waals surface area (Å²) in [5.74, 6) is 0.248. The molecule has 1 aromatic carbocycles. The van der Waals surface area contributed by atoms with E-state index < -0.39 is 5.54 Å². The van der Waals surface area contributed by atoms with Crippen molar-refractivity contribution >= 4 is 23.4 Å². The minimum absolute atomic E-state index is 0.00800. The summed E-state index contributed by atoms with van der Waals surface area (Å²) in [6.45, 7) is 2.71. The topological polar surface area (TPSA) is 82.2 Å². The number of methoxy groups -OCH3 is 1. The molecule has 3 aliphatic rings. The van der Waals surface area contributed by atoms with Crippen LogP contribution in [0.3, 0.4) is 0 Å². The van der Waals surface area contributed by atoms with Crippen molar-refractivity contribution in [2.45, 2.75) is 50.5 Å². The largest absolute Gasteiger partial charge is 0.385 e. The van der Waals surface area contributed by atoms with E-state index in [1.54, 1.807) is 12.0 Å².